The number of hydrogen-bond acceptors (Lipinski definition) is 6. The highest BCUT2D eigenvalue weighted by atomic mass is 16.5. The minimum absolute atomic E-state index is 0.0739. The lowest BCUT2D eigenvalue weighted by molar-refractivity contribution is -0.437. The first-order valence-electron chi connectivity index (χ1n) is 14.4. The van der Waals surface area contributed by atoms with Crippen molar-refractivity contribution >= 4 is 29.7 Å². The normalized spacial score (nSPS) is 19.5. The van der Waals surface area contributed by atoms with Gasteiger partial charge in [-0.25, -0.2) is 0 Å². The van der Waals surface area contributed by atoms with Crippen molar-refractivity contribution in [1.29, 1.82) is 0 Å². The first kappa shape index (κ1) is 30.2. The SMILES string of the molecule is O=C(O)C[C@@H](CCCc1ccc(OCCCO)cc1)C(=O)N[C@H]1CC2C=[N+](CCOCCNC1=O)c1ccccc12. The quantitative estimate of drug-likeness (QED) is 0.229. The van der Waals surface area contributed by atoms with Gasteiger partial charge in [-0.05, 0) is 43.4 Å². The molecule has 0 saturated carbocycles. The van der Waals surface area contributed by atoms with Crippen LogP contribution in [0.15, 0.2) is 48.5 Å². The van der Waals surface area contributed by atoms with Crippen molar-refractivity contribution in [1.82, 2.24) is 10.6 Å². The van der Waals surface area contributed by atoms with Crippen LogP contribution in [0.2, 0.25) is 0 Å². The molecule has 0 radical (unpaired) electrons. The van der Waals surface area contributed by atoms with E-state index in [-0.39, 0.29) is 24.9 Å². The molecule has 0 fully saturated rings. The molecule has 2 aliphatic heterocycles. The highest BCUT2D eigenvalue weighted by molar-refractivity contribution is 5.90. The molecule has 10 heteroatoms. The topological polar surface area (TPSA) is 137 Å². The van der Waals surface area contributed by atoms with E-state index in [1.165, 1.54) is 0 Å². The fourth-order valence-electron chi connectivity index (χ4n) is 5.33. The molecule has 0 aromatic heterocycles. The third-order valence-corrected chi connectivity index (χ3v) is 7.45. The van der Waals surface area contributed by atoms with Crippen molar-refractivity contribution in [3.8, 4) is 5.75 Å². The number of aliphatic hydroxyl groups excluding tert-OH is 1. The summed E-state index contributed by atoms with van der Waals surface area (Å²) in [5.74, 6) is -1.90. The first-order valence-corrected chi connectivity index (χ1v) is 14.4. The Hall–Kier alpha value is -3.76. The summed E-state index contributed by atoms with van der Waals surface area (Å²) in [6.45, 7) is 2.44. The summed E-state index contributed by atoms with van der Waals surface area (Å²) in [4.78, 5) is 38.2. The molecular formula is C31H40N3O7+. The third kappa shape index (κ3) is 8.86. The average molecular weight is 567 g/mol. The zero-order valence-corrected chi connectivity index (χ0v) is 23.3. The standard InChI is InChI=1S/C31H39N3O7/c35-15-4-16-41-25-11-9-22(10-12-25)5-3-6-23(20-29(36)37)30(38)33-27-19-24-21-34(28-8-2-1-7-26(24)28)14-18-40-17-13-32-31(27)39/h1-2,7-12,21,23-24,27,35H,3-6,13-20H2,(H2-,32,33,36,37,38,39)/p+1/t23-,24?,27+/m1/s1. The third-order valence-electron chi connectivity index (χ3n) is 7.45. The van der Waals surface area contributed by atoms with Gasteiger partial charge in [-0.3, -0.25) is 14.4 Å². The monoisotopic (exact) mass is 566 g/mol. The number of para-hydroxylation sites is 1. The molecule has 0 aliphatic carbocycles. The highest BCUT2D eigenvalue weighted by Crippen LogP contribution is 2.34. The van der Waals surface area contributed by atoms with Crippen molar-refractivity contribution in [2.24, 2.45) is 5.92 Å². The van der Waals surface area contributed by atoms with E-state index in [1.54, 1.807) is 0 Å². The Bertz CT molecular complexity index is 1210. The van der Waals surface area contributed by atoms with E-state index in [4.69, 9.17) is 14.6 Å². The lowest BCUT2D eigenvalue weighted by Crippen LogP contribution is -2.50. The van der Waals surface area contributed by atoms with Crippen LogP contribution in [0.3, 0.4) is 0 Å². The maximum atomic E-state index is 13.4. The summed E-state index contributed by atoms with van der Waals surface area (Å²) < 4.78 is 13.4. The number of nitrogens with zero attached hydrogens (tertiary/aromatic N) is 1. The molecule has 0 spiro atoms. The number of carbonyl (C=O) groups excluding carboxylic acids is 2. The van der Waals surface area contributed by atoms with Crippen molar-refractivity contribution in [2.75, 3.05) is 39.5 Å². The summed E-state index contributed by atoms with van der Waals surface area (Å²) in [7, 11) is 0. The van der Waals surface area contributed by atoms with Crippen LogP contribution in [-0.2, 0) is 25.5 Å². The average Bonchev–Trinajstić information content (AvgIpc) is 3.31. The maximum Gasteiger partial charge on any atom is 0.304 e. The Morgan fingerprint density at radius 2 is 1.93 bits per heavy atom. The van der Waals surface area contributed by atoms with E-state index in [0.29, 0.717) is 65.0 Å². The van der Waals surface area contributed by atoms with Crippen molar-refractivity contribution < 1.29 is 38.6 Å². The molecule has 4 N–H and O–H groups in total. The number of ether oxygens (including phenoxy) is 2. The second-order valence-corrected chi connectivity index (χ2v) is 10.5. The Balaban J connectivity index is 1.40. The van der Waals surface area contributed by atoms with Crippen LogP contribution >= 0.6 is 0 Å². The van der Waals surface area contributed by atoms with E-state index in [2.05, 4.69) is 21.4 Å². The molecule has 1 unspecified atom stereocenters. The van der Waals surface area contributed by atoms with Gasteiger partial charge in [0.1, 0.15) is 18.4 Å². The van der Waals surface area contributed by atoms with Crippen LogP contribution in [-0.4, -0.2) is 84.3 Å². The Labute approximate surface area is 240 Å². The number of aliphatic hydroxyl groups is 1. The fourth-order valence-corrected chi connectivity index (χ4v) is 5.33. The molecular weight excluding hydrogens is 526 g/mol. The maximum absolute atomic E-state index is 13.4. The summed E-state index contributed by atoms with van der Waals surface area (Å²) in [5, 5.41) is 24.1. The van der Waals surface area contributed by atoms with Gasteiger partial charge in [0.2, 0.25) is 17.5 Å². The van der Waals surface area contributed by atoms with Crippen LogP contribution in [0.25, 0.3) is 0 Å². The highest BCUT2D eigenvalue weighted by Gasteiger charge is 2.35. The lowest BCUT2D eigenvalue weighted by atomic mass is 9.92. The molecule has 41 heavy (non-hydrogen) atoms. The number of fused-ring (bicyclic) bond motifs is 4. The minimum Gasteiger partial charge on any atom is -0.494 e. The fraction of sp³-hybridized carbons (Fsp3) is 0.484. The number of hydrogen-bond donors (Lipinski definition) is 4. The van der Waals surface area contributed by atoms with Gasteiger partial charge in [-0.15, -0.1) is 0 Å². The van der Waals surface area contributed by atoms with E-state index in [1.807, 2.05) is 48.5 Å². The Morgan fingerprint density at radius 3 is 2.71 bits per heavy atom. The molecule has 2 aromatic carbocycles. The van der Waals surface area contributed by atoms with Gasteiger partial charge in [0, 0.05) is 37.1 Å². The van der Waals surface area contributed by atoms with Gasteiger partial charge in [0.05, 0.1) is 25.6 Å². The summed E-state index contributed by atoms with van der Waals surface area (Å²) in [5.41, 5.74) is 3.21. The minimum atomic E-state index is -1.05. The van der Waals surface area contributed by atoms with Gasteiger partial charge in [0.15, 0.2) is 12.8 Å². The summed E-state index contributed by atoms with van der Waals surface area (Å²) in [6, 6.07) is 14.8. The number of benzene rings is 2. The predicted molar refractivity (Wildman–Crippen MR) is 153 cm³/mol. The van der Waals surface area contributed by atoms with Gasteiger partial charge in [-0.1, -0.05) is 30.3 Å². The molecule has 2 amide bonds. The van der Waals surface area contributed by atoms with E-state index in [9.17, 15) is 19.5 Å². The second-order valence-electron chi connectivity index (χ2n) is 10.5. The van der Waals surface area contributed by atoms with Crippen LogP contribution in [0, 0.1) is 5.92 Å². The number of carboxylic acid groups (broad SMARTS) is 1. The van der Waals surface area contributed by atoms with Gasteiger partial charge in [-0.2, -0.15) is 4.58 Å². The summed E-state index contributed by atoms with van der Waals surface area (Å²) in [6.07, 6.45) is 4.38. The number of aryl methyl sites for hydroxylation is 1. The molecule has 10 nitrogen and oxygen atoms in total. The van der Waals surface area contributed by atoms with Crippen molar-refractivity contribution in [3.63, 3.8) is 0 Å². The van der Waals surface area contributed by atoms with Crippen LogP contribution in [0.1, 0.15) is 49.1 Å². The molecule has 2 bridgehead atoms. The number of carbonyl (C=O) groups is 3. The van der Waals surface area contributed by atoms with E-state index >= 15 is 0 Å². The van der Waals surface area contributed by atoms with E-state index in [0.717, 1.165) is 22.6 Å². The summed E-state index contributed by atoms with van der Waals surface area (Å²) >= 11 is 0. The van der Waals surface area contributed by atoms with Crippen molar-refractivity contribution in [2.45, 2.75) is 50.5 Å². The number of nitrogens with one attached hydrogen (secondary N) is 2. The Morgan fingerprint density at radius 1 is 1.12 bits per heavy atom. The lowest BCUT2D eigenvalue weighted by Gasteiger charge is -2.23. The van der Waals surface area contributed by atoms with Crippen LogP contribution in [0.4, 0.5) is 5.69 Å². The van der Waals surface area contributed by atoms with Crippen LogP contribution < -0.4 is 15.4 Å². The number of carboxylic acids is 1. The molecule has 2 aromatic rings. The van der Waals surface area contributed by atoms with Gasteiger partial charge >= 0.3 is 5.97 Å². The molecule has 3 atom stereocenters. The van der Waals surface area contributed by atoms with Gasteiger partial charge in [0.25, 0.3) is 0 Å². The molecule has 2 aliphatic rings. The molecule has 0 saturated heterocycles. The van der Waals surface area contributed by atoms with Crippen molar-refractivity contribution in [3.05, 3.63) is 59.7 Å². The molecule has 2 heterocycles. The predicted octanol–water partition coefficient (Wildman–Crippen LogP) is 2.39. The molecule has 220 valence electrons. The number of amides is 2. The second kappa shape index (κ2) is 15.3. The zero-order chi connectivity index (χ0) is 29.0. The largest absolute Gasteiger partial charge is 0.494 e. The smallest absolute Gasteiger partial charge is 0.304 e. The number of rotatable bonds is 12. The zero-order valence-electron chi connectivity index (χ0n) is 23.3. The van der Waals surface area contributed by atoms with E-state index < -0.39 is 23.8 Å². The molecule has 4 rings (SSSR count). The van der Waals surface area contributed by atoms with Gasteiger partial charge < -0.3 is 30.3 Å². The van der Waals surface area contributed by atoms with Crippen LogP contribution in [0.5, 0.6) is 5.75 Å². The Kier molecular flexibility index (Phi) is 11.3. The first-order chi connectivity index (χ1) is 19.9. The number of aliphatic carboxylic acids is 1.